The predicted molar refractivity (Wildman–Crippen MR) is 23.6 cm³/mol. The molecule has 6 heteroatoms. The van der Waals surface area contributed by atoms with E-state index in [-0.39, 0.29) is 20.4 Å². The molecule has 0 aromatic rings. The van der Waals surface area contributed by atoms with Crippen molar-refractivity contribution >= 4 is 5.97 Å². The van der Waals surface area contributed by atoms with Crippen molar-refractivity contribution in [2.24, 2.45) is 0 Å². The van der Waals surface area contributed by atoms with Gasteiger partial charge in [-0.15, -0.1) is 0 Å². The Kier molecular flexibility index (Phi) is 7.14. The summed E-state index contributed by atoms with van der Waals surface area (Å²) >= 11 is 0. The molecule has 0 atom stereocenters. The van der Waals surface area contributed by atoms with Gasteiger partial charge in [-0.05, 0) is 0 Å². The molecule has 0 amide bonds. The van der Waals surface area contributed by atoms with Crippen molar-refractivity contribution in [3.05, 3.63) is 10.1 Å². The molecule has 56 valence electrons. The Labute approximate surface area is 65.2 Å². The van der Waals surface area contributed by atoms with Gasteiger partial charge >= 0.3 is 12.7 Å². The van der Waals surface area contributed by atoms with Crippen LogP contribution in [0.1, 0.15) is 6.92 Å². The topological polar surface area (TPSA) is 69.4 Å². The molecule has 0 bridgehead atoms. The molecule has 0 N–H and O–H groups in total. The summed E-state index contributed by atoms with van der Waals surface area (Å²) in [6, 6.07) is 0. The summed E-state index contributed by atoms with van der Waals surface area (Å²) in [6.07, 6.45) is 0. The summed E-state index contributed by atoms with van der Waals surface area (Å²) in [4.78, 5) is 18.5. The Morgan fingerprint density at radius 1 is 1.78 bits per heavy atom. The molecule has 5 nitrogen and oxygen atoms in total. The van der Waals surface area contributed by atoms with Crippen LogP contribution in [-0.4, -0.2) is 17.6 Å². The molecule has 0 aliphatic heterocycles. The summed E-state index contributed by atoms with van der Waals surface area (Å²) in [5.74, 6) is -0.637. The first-order chi connectivity index (χ1) is 3.63. The molecule has 0 saturated heterocycles. The van der Waals surface area contributed by atoms with Crippen molar-refractivity contribution in [1.29, 1.82) is 0 Å². The number of rotatable bonds is 2. The van der Waals surface area contributed by atoms with E-state index in [4.69, 9.17) is 0 Å². The molecular formula is C3H5NO4Pd. The predicted octanol–water partition coefficient (Wildman–Crippen LogP) is -0.219. The fourth-order valence-corrected chi connectivity index (χ4v) is 0.144. The van der Waals surface area contributed by atoms with Gasteiger partial charge in [-0.1, -0.05) is 0 Å². The van der Waals surface area contributed by atoms with Crippen LogP contribution < -0.4 is 0 Å². The molecule has 0 aliphatic rings. The van der Waals surface area contributed by atoms with Gasteiger partial charge in [0.05, 0.1) is 4.92 Å². The number of hydrogen-bond donors (Lipinski definition) is 0. The standard InChI is InChI=1S/C3H5NO4.Pd/c1-3(5)8-2-4(6)7;/h2H2,1H3;. The van der Waals surface area contributed by atoms with Gasteiger partial charge in [-0.25, -0.2) is 0 Å². The summed E-state index contributed by atoms with van der Waals surface area (Å²) in [6.45, 7) is 0.374. The second-order valence-corrected chi connectivity index (χ2v) is 1.10. The zero-order chi connectivity index (χ0) is 6.57. The Morgan fingerprint density at radius 3 is 2.33 bits per heavy atom. The zero-order valence-corrected chi connectivity index (χ0v) is 6.16. The molecule has 9 heavy (non-hydrogen) atoms. The largest absolute Gasteiger partial charge is 0.400 e. The molecule has 0 aromatic heterocycles. The quantitative estimate of drug-likeness (QED) is 0.214. The normalized spacial score (nSPS) is 7.22. The van der Waals surface area contributed by atoms with Crippen molar-refractivity contribution in [2.45, 2.75) is 6.92 Å². The fourth-order valence-electron chi connectivity index (χ4n) is 0.144. The van der Waals surface area contributed by atoms with E-state index in [0.29, 0.717) is 0 Å². The Morgan fingerprint density at radius 2 is 2.22 bits per heavy atom. The molecule has 0 saturated carbocycles. The molecular weight excluding hydrogens is 220 g/mol. The molecule has 0 spiro atoms. The van der Waals surface area contributed by atoms with Gasteiger partial charge in [0.2, 0.25) is 0 Å². The van der Waals surface area contributed by atoms with Crippen LogP contribution in [0.15, 0.2) is 0 Å². The van der Waals surface area contributed by atoms with Crippen LogP contribution in [0.25, 0.3) is 0 Å². The maximum absolute atomic E-state index is 9.82. The van der Waals surface area contributed by atoms with Gasteiger partial charge in [-0.2, -0.15) is 0 Å². The van der Waals surface area contributed by atoms with Crippen molar-refractivity contribution in [2.75, 3.05) is 6.73 Å². The maximum Gasteiger partial charge on any atom is 0.346 e. The van der Waals surface area contributed by atoms with E-state index in [2.05, 4.69) is 4.74 Å². The smallest absolute Gasteiger partial charge is 0.346 e. The first-order valence-electron chi connectivity index (χ1n) is 1.88. The van der Waals surface area contributed by atoms with Crippen LogP contribution in [0, 0.1) is 10.1 Å². The number of ether oxygens (including phenoxy) is 1. The van der Waals surface area contributed by atoms with Crippen LogP contribution in [0.4, 0.5) is 0 Å². The Bertz CT molecular complexity index is 100. The third kappa shape index (κ3) is 11.2. The first-order valence-corrected chi connectivity index (χ1v) is 1.88. The van der Waals surface area contributed by atoms with Crippen LogP contribution in [0.3, 0.4) is 0 Å². The van der Waals surface area contributed by atoms with Gasteiger partial charge in [0, 0.05) is 27.3 Å². The SMILES string of the molecule is CC(=O)OC[N+](=O)[O-].[Pd]. The molecule has 0 radical (unpaired) electrons. The third-order valence-corrected chi connectivity index (χ3v) is 0.373. The second kappa shape index (κ2) is 5.67. The number of carbonyl (C=O) groups is 1. The molecule has 0 aliphatic carbocycles. The molecule has 0 rings (SSSR count). The Balaban J connectivity index is 0. The number of hydrogen-bond acceptors (Lipinski definition) is 4. The van der Waals surface area contributed by atoms with E-state index in [0.717, 1.165) is 6.92 Å². The second-order valence-electron chi connectivity index (χ2n) is 1.10. The maximum atomic E-state index is 9.82. The summed E-state index contributed by atoms with van der Waals surface area (Å²) in [5.41, 5.74) is 0. The fraction of sp³-hybridized carbons (Fsp3) is 0.667. The van der Waals surface area contributed by atoms with E-state index in [9.17, 15) is 14.9 Å². The summed E-state index contributed by atoms with van der Waals surface area (Å²) in [7, 11) is 0. The number of nitro groups is 1. The van der Waals surface area contributed by atoms with E-state index in [1.54, 1.807) is 0 Å². The van der Waals surface area contributed by atoms with Crippen LogP contribution in [-0.2, 0) is 30.0 Å². The van der Waals surface area contributed by atoms with Crippen molar-refractivity contribution in [3.63, 3.8) is 0 Å². The van der Waals surface area contributed by atoms with Crippen molar-refractivity contribution < 1.29 is 34.9 Å². The average molecular weight is 225 g/mol. The minimum absolute atomic E-state index is 0. The van der Waals surface area contributed by atoms with Gasteiger partial charge in [0.15, 0.2) is 0 Å². The number of carbonyl (C=O) groups excluding carboxylic acids is 1. The van der Waals surface area contributed by atoms with Crippen LogP contribution in [0.5, 0.6) is 0 Å². The molecule has 0 fully saturated rings. The monoisotopic (exact) mass is 225 g/mol. The van der Waals surface area contributed by atoms with E-state index >= 15 is 0 Å². The van der Waals surface area contributed by atoms with Crippen LogP contribution in [0.2, 0.25) is 0 Å². The average Bonchev–Trinajstić information content (AvgIpc) is 1.61. The first kappa shape index (κ1) is 11.3. The van der Waals surface area contributed by atoms with E-state index < -0.39 is 17.6 Å². The minimum atomic E-state index is -0.741. The van der Waals surface area contributed by atoms with Gasteiger partial charge in [0.25, 0.3) is 0 Å². The zero-order valence-electron chi connectivity index (χ0n) is 4.60. The molecule has 0 unspecified atom stereocenters. The van der Waals surface area contributed by atoms with Gasteiger partial charge in [0.1, 0.15) is 0 Å². The van der Waals surface area contributed by atoms with Gasteiger partial charge < -0.3 is 4.74 Å². The molecule has 0 aromatic carbocycles. The summed E-state index contributed by atoms with van der Waals surface area (Å²) < 4.78 is 3.97. The minimum Gasteiger partial charge on any atom is -0.400 e. The van der Waals surface area contributed by atoms with Gasteiger partial charge in [-0.3, -0.25) is 14.9 Å². The Hall–Kier alpha value is -0.468. The summed E-state index contributed by atoms with van der Waals surface area (Å²) in [5, 5.41) is 9.43. The number of nitrogens with zero attached hydrogens (tertiary/aromatic N) is 1. The molecule has 0 heterocycles. The van der Waals surface area contributed by atoms with Crippen molar-refractivity contribution in [3.8, 4) is 0 Å². The van der Waals surface area contributed by atoms with E-state index in [1.165, 1.54) is 0 Å². The number of esters is 1. The van der Waals surface area contributed by atoms with E-state index in [1.807, 2.05) is 0 Å². The van der Waals surface area contributed by atoms with Crippen molar-refractivity contribution in [1.82, 2.24) is 0 Å². The van der Waals surface area contributed by atoms with Crippen LogP contribution >= 0.6 is 0 Å². The third-order valence-electron chi connectivity index (χ3n) is 0.373.